The number of aromatic nitrogens is 1. The summed E-state index contributed by atoms with van der Waals surface area (Å²) in [4.78, 5) is 12.4. The van der Waals surface area contributed by atoms with Gasteiger partial charge in [-0.25, -0.2) is 4.39 Å². The third-order valence-corrected chi connectivity index (χ3v) is 4.84. The van der Waals surface area contributed by atoms with Crippen molar-refractivity contribution in [2.24, 2.45) is 0 Å². The molecule has 2 aromatic carbocycles. The number of nitrogens with one attached hydrogen (secondary N) is 1. The van der Waals surface area contributed by atoms with E-state index in [1.54, 1.807) is 65.7 Å². The summed E-state index contributed by atoms with van der Waals surface area (Å²) in [6.45, 7) is 0. The summed E-state index contributed by atoms with van der Waals surface area (Å²) >= 11 is 6.08. The number of hydrogen-bond donors (Lipinski definition) is 1. The van der Waals surface area contributed by atoms with Gasteiger partial charge in [0.05, 0.1) is 5.69 Å². The van der Waals surface area contributed by atoms with Crippen molar-refractivity contribution in [3.05, 3.63) is 82.9 Å². The summed E-state index contributed by atoms with van der Waals surface area (Å²) in [5, 5.41) is 3.20. The summed E-state index contributed by atoms with van der Waals surface area (Å²) in [6.07, 6.45) is 5.03. The molecule has 1 heterocycles. The van der Waals surface area contributed by atoms with E-state index in [0.717, 1.165) is 0 Å². The molecule has 0 bridgehead atoms. The Balaban J connectivity index is 1.80. The number of hydrogen-bond acceptors (Lipinski definition) is 2. The molecule has 7 heteroatoms. The molecule has 0 aliphatic heterocycles. The minimum absolute atomic E-state index is 0.203. The number of nitrogens with zero attached hydrogens (tertiary/aromatic N) is 1. The van der Waals surface area contributed by atoms with E-state index in [1.165, 1.54) is 6.07 Å². The summed E-state index contributed by atoms with van der Waals surface area (Å²) in [5.41, 5.74) is 1.76. The van der Waals surface area contributed by atoms with Crippen molar-refractivity contribution < 1.29 is 13.4 Å². The van der Waals surface area contributed by atoms with Crippen LogP contribution in [0.4, 0.5) is 10.1 Å². The van der Waals surface area contributed by atoms with Crippen LogP contribution in [0.3, 0.4) is 0 Å². The van der Waals surface area contributed by atoms with Gasteiger partial charge >= 0.3 is 0 Å². The molecule has 0 radical (unpaired) electrons. The van der Waals surface area contributed by atoms with Crippen LogP contribution in [0.2, 0.25) is 5.02 Å². The van der Waals surface area contributed by atoms with E-state index in [2.05, 4.69) is 5.32 Å². The SMILES string of the molecule is CS(=O)Cc1cc(NC(=O)c2ccc(-n3cccc3)c(F)c2)ccc1Cl. The number of anilines is 1. The third-order valence-electron chi connectivity index (χ3n) is 3.75. The Morgan fingerprint density at radius 3 is 2.58 bits per heavy atom. The maximum atomic E-state index is 14.3. The van der Waals surface area contributed by atoms with Crippen LogP contribution in [-0.2, 0) is 16.6 Å². The highest BCUT2D eigenvalue weighted by Gasteiger charge is 2.12. The van der Waals surface area contributed by atoms with Crippen LogP contribution in [0, 0.1) is 5.82 Å². The summed E-state index contributed by atoms with van der Waals surface area (Å²) in [6, 6.07) is 12.9. The van der Waals surface area contributed by atoms with Crippen LogP contribution in [0.25, 0.3) is 5.69 Å². The van der Waals surface area contributed by atoms with Crippen LogP contribution in [0.1, 0.15) is 15.9 Å². The van der Waals surface area contributed by atoms with Crippen molar-refractivity contribution in [2.45, 2.75) is 5.75 Å². The molecule has 1 atom stereocenters. The molecule has 3 rings (SSSR count). The average Bonchev–Trinajstić information content (AvgIpc) is 3.11. The lowest BCUT2D eigenvalue weighted by molar-refractivity contribution is 0.102. The molecule has 26 heavy (non-hydrogen) atoms. The first kappa shape index (κ1) is 18.4. The van der Waals surface area contributed by atoms with Gasteiger partial charge in [0.2, 0.25) is 0 Å². The first-order valence-corrected chi connectivity index (χ1v) is 9.87. The Kier molecular flexibility index (Phi) is 5.54. The number of amides is 1. The Morgan fingerprint density at radius 1 is 1.19 bits per heavy atom. The second-order valence-electron chi connectivity index (χ2n) is 5.73. The quantitative estimate of drug-likeness (QED) is 0.702. The van der Waals surface area contributed by atoms with Gasteiger partial charge in [0, 0.05) is 51.5 Å². The largest absolute Gasteiger partial charge is 0.322 e. The van der Waals surface area contributed by atoms with Crippen molar-refractivity contribution >= 4 is 34.0 Å². The van der Waals surface area contributed by atoms with Gasteiger partial charge in [-0.1, -0.05) is 11.6 Å². The highest BCUT2D eigenvalue weighted by molar-refractivity contribution is 7.83. The highest BCUT2D eigenvalue weighted by atomic mass is 35.5. The zero-order chi connectivity index (χ0) is 18.7. The molecule has 0 saturated heterocycles. The second kappa shape index (κ2) is 7.85. The van der Waals surface area contributed by atoms with Crippen LogP contribution < -0.4 is 5.32 Å². The summed E-state index contributed by atoms with van der Waals surface area (Å²) < 4.78 is 27.4. The molecule has 134 valence electrons. The topological polar surface area (TPSA) is 51.1 Å². The lowest BCUT2D eigenvalue weighted by atomic mass is 10.1. The van der Waals surface area contributed by atoms with E-state index in [0.29, 0.717) is 27.7 Å². The number of carbonyl (C=O) groups excluding carboxylic acids is 1. The zero-order valence-electron chi connectivity index (χ0n) is 13.9. The molecule has 0 spiro atoms. The van der Waals surface area contributed by atoms with Crippen molar-refractivity contribution in [3.63, 3.8) is 0 Å². The monoisotopic (exact) mass is 390 g/mol. The van der Waals surface area contributed by atoms with Crippen LogP contribution in [0.15, 0.2) is 60.9 Å². The van der Waals surface area contributed by atoms with Crippen LogP contribution in [0.5, 0.6) is 0 Å². The molecule has 0 fully saturated rings. The Bertz CT molecular complexity index is 974. The minimum Gasteiger partial charge on any atom is -0.322 e. The van der Waals surface area contributed by atoms with Crippen LogP contribution in [-0.4, -0.2) is 20.9 Å². The molecule has 1 amide bonds. The fourth-order valence-electron chi connectivity index (χ4n) is 2.54. The lowest BCUT2D eigenvalue weighted by Gasteiger charge is -2.10. The molecule has 1 aromatic heterocycles. The predicted molar refractivity (Wildman–Crippen MR) is 103 cm³/mol. The fourth-order valence-corrected chi connectivity index (χ4v) is 3.48. The first-order valence-electron chi connectivity index (χ1n) is 7.77. The molecular formula is C19H16ClFN2O2S. The maximum Gasteiger partial charge on any atom is 0.255 e. The molecular weight excluding hydrogens is 375 g/mol. The first-order chi connectivity index (χ1) is 12.4. The normalized spacial score (nSPS) is 12.0. The second-order valence-corrected chi connectivity index (χ2v) is 7.58. The van der Waals surface area contributed by atoms with E-state index >= 15 is 0 Å². The van der Waals surface area contributed by atoms with Crippen molar-refractivity contribution in [1.82, 2.24) is 4.57 Å². The molecule has 0 aliphatic carbocycles. The number of rotatable bonds is 5. The molecule has 3 aromatic rings. The van der Waals surface area contributed by atoms with E-state index in [-0.39, 0.29) is 5.56 Å². The summed E-state index contributed by atoms with van der Waals surface area (Å²) in [5.74, 6) is -0.635. The zero-order valence-corrected chi connectivity index (χ0v) is 15.5. The number of carbonyl (C=O) groups is 1. The van der Waals surface area contributed by atoms with Crippen molar-refractivity contribution in [3.8, 4) is 5.69 Å². The van der Waals surface area contributed by atoms with Gasteiger partial charge in [-0.05, 0) is 54.1 Å². The van der Waals surface area contributed by atoms with Gasteiger partial charge in [0.25, 0.3) is 5.91 Å². The molecule has 1 unspecified atom stereocenters. The number of benzene rings is 2. The molecule has 1 N–H and O–H groups in total. The molecule has 0 aliphatic rings. The van der Waals surface area contributed by atoms with E-state index in [4.69, 9.17) is 11.6 Å². The van der Waals surface area contributed by atoms with E-state index < -0.39 is 22.5 Å². The predicted octanol–water partition coefficient (Wildman–Crippen LogP) is 4.40. The van der Waals surface area contributed by atoms with Gasteiger partial charge in [0.1, 0.15) is 5.82 Å². The number of halogens is 2. The van der Waals surface area contributed by atoms with E-state index in [9.17, 15) is 13.4 Å². The van der Waals surface area contributed by atoms with Gasteiger partial charge in [-0.2, -0.15) is 0 Å². The highest BCUT2D eigenvalue weighted by Crippen LogP contribution is 2.23. The van der Waals surface area contributed by atoms with Gasteiger partial charge in [-0.15, -0.1) is 0 Å². The standard InChI is InChI=1S/C19H16ClFN2O2S/c1-26(25)12-14-10-15(5-6-16(14)20)22-19(24)13-4-7-18(17(21)11-13)23-8-2-3-9-23/h2-11H,12H2,1H3,(H,22,24). The van der Waals surface area contributed by atoms with Crippen molar-refractivity contribution in [2.75, 3.05) is 11.6 Å². The Hall–Kier alpha value is -2.44. The van der Waals surface area contributed by atoms with Crippen LogP contribution >= 0.6 is 11.6 Å². The van der Waals surface area contributed by atoms with Crippen molar-refractivity contribution in [1.29, 1.82) is 0 Å². The molecule has 4 nitrogen and oxygen atoms in total. The summed E-state index contributed by atoms with van der Waals surface area (Å²) in [7, 11) is -1.05. The van der Waals surface area contributed by atoms with Gasteiger partial charge < -0.3 is 9.88 Å². The third kappa shape index (κ3) is 4.20. The van der Waals surface area contributed by atoms with Gasteiger partial charge in [-0.3, -0.25) is 9.00 Å². The Morgan fingerprint density at radius 2 is 1.92 bits per heavy atom. The fraction of sp³-hybridized carbons (Fsp3) is 0.105. The van der Waals surface area contributed by atoms with E-state index in [1.807, 2.05) is 0 Å². The maximum absolute atomic E-state index is 14.3. The lowest BCUT2D eigenvalue weighted by Crippen LogP contribution is -2.13. The minimum atomic E-state index is -1.05. The molecule has 0 saturated carbocycles. The smallest absolute Gasteiger partial charge is 0.255 e. The Labute approximate surface area is 158 Å². The average molecular weight is 391 g/mol. The van der Waals surface area contributed by atoms with Gasteiger partial charge in [0.15, 0.2) is 0 Å².